The van der Waals surface area contributed by atoms with E-state index in [9.17, 15) is 0 Å². The van der Waals surface area contributed by atoms with E-state index in [-0.39, 0.29) is 0 Å². The Morgan fingerprint density at radius 3 is 0.681 bits per heavy atom. The number of benzene rings is 4. The first-order chi connectivity index (χ1) is 21.6. The monoisotopic (exact) mass is 702 g/mol. The van der Waals surface area contributed by atoms with E-state index in [0.29, 0.717) is 0 Å². The van der Waals surface area contributed by atoms with Gasteiger partial charge in [0, 0.05) is 0 Å². The minimum atomic E-state index is -2.20. The molecule has 1 aliphatic rings. The highest BCUT2D eigenvalue weighted by Gasteiger charge is 2.44. The van der Waals surface area contributed by atoms with Crippen molar-refractivity contribution >= 4 is 82.7 Å². The van der Waals surface area contributed by atoms with Gasteiger partial charge >= 0.3 is 0 Å². The fourth-order valence-electron chi connectivity index (χ4n) is 7.14. The van der Waals surface area contributed by atoms with Crippen molar-refractivity contribution in [1.29, 1.82) is 0 Å². The van der Waals surface area contributed by atoms with E-state index in [1.54, 1.807) is 10.4 Å². The second-order valence-electron chi connectivity index (χ2n) is 18.4. The van der Waals surface area contributed by atoms with Crippen LogP contribution in [-0.4, -0.2) is 40.4 Å². The van der Waals surface area contributed by atoms with Crippen LogP contribution in [0, 0.1) is 0 Å². The fraction of sp³-hybridized carbons (Fsp3) is 0.333. The first-order valence-electron chi connectivity index (χ1n) is 17.5. The number of hydrogen-bond acceptors (Lipinski definition) is 0. The number of hydrogen-bond donors (Lipinski definition) is 0. The lowest BCUT2D eigenvalue weighted by atomic mass is 9.89. The van der Waals surface area contributed by atoms with Crippen molar-refractivity contribution < 1.29 is 0 Å². The van der Waals surface area contributed by atoms with Gasteiger partial charge in [0.2, 0.25) is 0 Å². The first-order valence-corrected chi connectivity index (χ1v) is 34.5. The number of allylic oxidation sites excluding steroid dienone is 2. The average molecular weight is 703 g/mol. The Bertz CT molecular complexity index is 1670. The lowest BCUT2D eigenvalue weighted by Gasteiger charge is -2.27. The molecule has 246 valence electrons. The highest BCUT2D eigenvalue weighted by atomic mass is 28.3. The molecule has 0 bridgehead atoms. The summed E-state index contributed by atoms with van der Waals surface area (Å²) in [5.74, 6) is 0. The van der Waals surface area contributed by atoms with E-state index < -0.39 is 40.4 Å². The highest BCUT2D eigenvalue weighted by molar-refractivity contribution is 7.13. The molecular formula is C42H58Si5. The fourth-order valence-corrected chi connectivity index (χ4v) is 15.6. The zero-order chi connectivity index (χ0) is 34.7. The SMILES string of the molecule is C[Si]1(C)C(c2ccc([Si](C)(C)C)cc2)=C(c2ccc([Si](C)(C)C)cc2)C(c2ccc([Si](C)(C)C)cc2)=C1c1ccc([Si](C)(C)C)cc1. The zero-order valence-electron chi connectivity index (χ0n) is 31.7. The normalized spacial score (nSPS) is 15.9. The molecule has 47 heavy (non-hydrogen) atoms. The Morgan fingerprint density at radius 2 is 0.489 bits per heavy atom. The van der Waals surface area contributed by atoms with Crippen LogP contribution in [-0.2, 0) is 0 Å². The summed E-state index contributed by atoms with van der Waals surface area (Å²) in [4.78, 5) is 0. The van der Waals surface area contributed by atoms with E-state index in [4.69, 9.17) is 0 Å². The van der Waals surface area contributed by atoms with E-state index in [0.717, 1.165) is 0 Å². The molecule has 5 heteroatoms. The van der Waals surface area contributed by atoms with Crippen LogP contribution in [0.4, 0.5) is 0 Å². The second-order valence-corrected chi connectivity index (χ2v) is 43.0. The molecule has 4 aromatic rings. The van der Waals surface area contributed by atoms with Crippen molar-refractivity contribution in [3.63, 3.8) is 0 Å². The van der Waals surface area contributed by atoms with Crippen molar-refractivity contribution in [2.45, 2.75) is 91.7 Å². The molecule has 0 aliphatic carbocycles. The standard InChI is InChI=1S/C42H58Si5/c1-43(2,3)35-23-15-31(16-24-35)39-40(32-17-25-36(26-18-32)44(4,5)6)42(34-21-29-38(30-22-34)46(10,11)12)47(13,14)41(39)33-19-27-37(28-20-33)45(7,8)9/h15-30H,1-14H3. The van der Waals surface area contributed by atoms with Crippen LogP contribution < -0.4 is 20.7 Å². The van der Waals surface area contributed by atoms with Gasteiger partial charge in [-0.25, -0.2) is 0 Å². The molecular weight excluding hydrogens is 645 g/mol. The van der Waals surface area contributed by atoms with Crippen LogP contribution in [0.25, 0.3) is 21.5 Å². The van der Waals surface area contributed by atoms with E-state index >= 15 is 0 Å². The maximum atomic E-state index is 2.61. The molecule has 5 rings (SSSR count). The van der Waals surface area contributed by atoms with Crippen LogP contribution in [0.5, 0.6) is 0 Å². The molecule has 4 aromatic carbocycles. The van der Waals surface area contributed by atoms with Crippen LogP contribution in [0.3, 0.4) is 0 Å². The quantitative estimate of drug-likeness (QED) is 0.160. The molecule has 0 radical (unpaired) electrons. The molecule has 0 spiro atoms. The minimum Gasteiger partial charge on any atom is -0.0656 e. The van der Waals surface area contributed by atoms with Gasteiger partial charge in [-0.1, -0.05) is 209 Å². The molecule has 0 unspecified atom stereocenters. The zero-order valence-corrected chi connectivity index (χ0v) is 36.7. The van der Waals surface area contributed by atoms with Gasteiger partial charge in [-0.05, 0) is 43.8 Å². The molecule has 0 N–H and O–H groups in total. The summed E-state index contributed by atoms with van der Waals surface area (Å²) in [6.07, 6.45) is 0. The van der Waals surface area contributed by atoms with E-state index in [1.165, 1.54) is 54.1 Å². The first kappa shape index (κ1) is 35.7. The van der Waals surface area contributed by atoms with Crippen LogP contribution >= 0.6 is 0 Å². The van der Waals surface area contributed by atoms with Crippen molar-refractivity contribution in [2.24, 2.45) is 0 Å². The van der Waals surface area contributed by atoms with Crippen LogP contribution in [0.15, 0.2) is 97.1 Å². The van der Waals surface area contributed by atoms with Gasteiger partial charge in [-0.15, -0.1) is 0 Å². The molecule has 0 fully saturated rings. The van der Waals surface area contributed by atoms with Gasteiger partial charge in [0.1, 0.15) is 8.07 Å². The Balaban J connectivity index is 1.86. The molecule has 0 aromatic heterocycles. The maximum Gasteiger partial charge on any atom is 0.115 e. The lowest BCUT2D eigenvalue weighted by Crippen LogP contribution is -2.37. The van der Waals surface area contributed by atoms with Crippen molar-refractivity contribution in [2.75, 3.05) is 0 Å². The smallest absolute Gasteiger partial charge is 0.0656 e. The molecule has 1 heterocycles. The molecule has 1 aliphatic heterocycles. The Hall–Kier alpha value is -2.56. The van der Waals surface area contributed by atoms with Gasteiger partial charge < -0.3 is 0 Å². The van der Waals surface area contributed by atoms with Crippen molar-refractivity contribution in [1.82, 2.24) is 0 Å². The van der Waals surface area contributed by atoms with Gasteiger partial charge in [0.15, 0.2) is 0 Å². The summed E-state index contributed by atoms with van der Waals surface area (Å²) in [7, 11) is -7.89. The largest absolute Gasteiger partial charge is 0.115 e. The van der Waals surface area contributed by atoms with Gasteiger partial charge in [0.25, 0.3) is 0 Å². The second kappa shape index (κ2) is 12.4. The summed E-state index contributed by atoms with van der Waals surface area (Å²) < 4.78 is 0. The Morgan fingerprint density at radius 1 is 0.298 bits per heavy atom. The topological polar surface area (TPSA) is 0 Å². The molecule has 0 nitrogen and oxygen atoms in total. The summed E-state index contributed by atoms with van der Waals surface area (Å²) >= 11 is 0. The molecule has 0 saturated carbocycles. The number of rotatable bonds is 8. The molecule has 0 atom stereocenters. The van der Waals surface area contributed by atoms with Crippen molar-refractivity contribution in [3.8, 4) is 0 Å². The molecule has 0 saturated heterocycles. The lowest BCUT2D eigenvalue weighted by molar-refractivity contribution is 1.58. The van der Waals surface area contributed by atoms with Gasteiger partial charge in [-0.2, -0.15) is 0 Å². The third-order valence-corrected chi connectivity index (χ3v) is 22.0. The average Bonchev–Trinajstić information content (AvgIpc) is 3.22. The predicted octanol–water partition coefficient (Wildman–Crippen LogP) is 10.2. The Kier molecular flexibility index (Phi) is 9.43. The van der Waals surface area contributed by atoms with E-state index in [2.05, 4.69) is 189 Å². The summed E-state index contributed by atoms with van der Waals surface area (Å²) in [5.41, 5.74) is 8.42. The van der Waals surface area contributed by atoms with Gasteiger partial charge in [-0.3, -0.25) is 0 Å². The minimum absolute atomic E-state index is 1.36. The molecule has 0 amide bonds. The van der Waals surface area contributed by atoms with Crippen molar-refractivity contribution in [3.05, 3.63) is 119 Å². The van der Waals surface area contributed by atoms with E-state index in [1.807, 2.05) is 0 Å². The maximum absolute atomic E-state index is 2.61. The van der Waals surface area contributed by atoms with Gasteiger partial charge in [0.05, 0.1) is 32.3 Å². The summed E-state index contributed by atoms with van der Waals surface area (Å²) in [6, 6.07) is 39.1. The summed E-state index contributed by atoms with van der Waals surface area (Å²) in [6.45, 7) is 34.6. The van der Waals surface area contributed by atoms with Crippen LogP contribution in [0.2, 0.25) is 91.7 Å². The predicted molar refractivity (Wildman–Crippen MR) is 229 cm³/mol. The van der Waals surface area contributed by atoms with Crippen LogP contribution in [0.1, 0.15) is 22.3 Å². The third kappa shape index (κ3) is 7.25. The Labute approximate surface area is 292 Å². The highest BCUT2D eigenvalue weighted by Crippen LogP contribution is 2.55. The summed E-state index contributed by atoms with van der Waals surface area (Å²) in [5, 5.41) is 9.24. The third-order valence-electron chi connectivity index (χ3n) is 10.2.